The van der Waals surface area contributed by atoms with Crippen LogP contribution in [0.15, 0.2) is 53.3 Å². The summed E-state index contributed by atoms with van der Waals surface area (Å²) in [5.41, 5.74) is 2.11. The Balaban J connectivity index is 1.56. The molecule has 5 rings (SSSR count). The third-order valence-corrected chi connectivity index (χ3v) is 7.20. The summed E-state index contributed by atoms with van der Waals surface area (Å²) in [7, 11) is 0. The number of amides is 1. The molecule has 0 radical (unpaired) electrons. The standard InChI is InChI=1S/C24H29N3O3/c28-16-19-18-15-26-20(10-7-11-21(26)29)22(18)27(14-17-8-3-1-4-9-17)23(19)24(30)25-12-5-2-6-13-25/h1,3-4,7-11,18-19,22-23,28H,2,5-6,12-16H2/t18-,19-,22+,23-/m0/s1. The van der Waals surface area contributed by atoms with Gasteiger partial charge in [0.1, 0.15) is 0 Å². The molecule has 6 nitrogen and oxygen atoms in total. The normalized spacial score (nSPS) is 28.4. The Kier molecular flexibility index (Phi) is 5.21. The number of carbonyl (C=O) groups is 1. The summed E-state index contributed by atoms with van der Waals surface area (Å²) in [5, 5.41) is 10.4. The maximum atomic E-state index is 13.7. The van der Waals surface area contributed by atoms with Crippen LogP contribution in [0.5, 0.6) is 0 Å². The van der Waals surface area contributed by atoms with Gasteiger partial charge in [0.15, 0.2) is 0 Å². The van der Waals surface area contributed by atoms with Crippen molar-refractivity contribution in [1.82, 2.24) is 14.4 Å². The number of pyridine rings is 1. The molecule has 4 heterocycles. The van der Waals surface area contributed by atoms with Crippen LogP contribution in [0.25, 0.3) is 0 Å². The first-order chi connectivity index (χ1) is 14.7. The Morgan fingerprint density at radius 2 is 1.77 bits per heavy atom. The van der Waals surface area contributed by atoms with Crippen molar-refractivity contribution in [3.8, 4) is 0 Å². The molecular formula is C24H29N3O3. The Morgan fingerprint density at radius 3 is 2.50 bits per heavy atom. The van der Waals surface area contributed by atoms with Crippen molar-refractivity contribution in [2.75, 3.05) is 19.7 Å². The summed E-state index contributed by atoms with van der Waals surface area (Å²) in [4.78, 5) is 30.4. The summed E-state index contributed by atoms with van der Waals surface area (Å²) in [6.07, 6.45) is 3.27. The van der Waals surface area contributed by atoms with Gasteiger partial charge in [-0.2, -0.15) is 0 Å². The van der Waals surface area contributed by atoms with Crippen molar-refractivity contribution in [2.45, 2.75) is 44.4 Å². The van der Waals surface area contributed by atoms with Crippen molar-refractivity contribution >= 4 is 5.91 Å². The zero-order chi connectivity index (χ0) is 20.7. The van der Waals surface area contributed by atoms with Crippen LogP contribution in [0.2, 0.25) is 0 Å². The molecule has 4 atom stereocenters. The van der Waals surface area contributed by atoms with Crippen molar-refractivity contribution < 1.29 is 9.90 Å². The first kappa shape index (κ1) is 19.5. The number of aliphatic hydroxyl groups excluding tert-OH is 1. The van der Waals surface area contributed by atoms with Gasteiger partial charge in [-0.25, -0.2) is 0 Å². The predicted octanol–water partition coefficient (Wildman–Crippen LogP) is 2.02. The highest BCUT2D eigenvalue weighted by Crippen LogP contribution is 2.50. The monoisotopic (exact) mass is 407 g/mol. The maximum absolute atomic E-state index is 13.7. The molecule has 3 aliphatic heterocycles. The molecule has 2 fully saturated rings. The topological polar surface area (TPSA) is 65.8 Å². The molecule has 30 heavy (non-hydrogen) atoms. The summed E-state index contributed by atoms with van der Waals surface area (Å²) in [6, 6.07) is 15.2. The van der Waals surface area contributed by atoms with E-state index in [1.54, 1.807) is 6.07 Å². The van der Waals surface area contributed by atoms with Crippen molar-refractivity contribution in [1.29, 1.82) is 0 Å². The number of aromatic nitrogens is 1. The number of piperidine rings is 1. The van der Waals surface area contributed by atoms with Crippen molar-refractivity contribution in [3.63, 3.8) is 0 Å². The minimum Gasteiger partial charge on any atom is -0.396 e. The molecular weight excluding hydrogens is 378 g/mol. The zero-order valence-electron chi connectivity index (χ0n) is 17.2. The number of hydrogen-bond donors (Lipinski definition) is 1. The average molecular weight is 408 g/mol. The molecule has 3 aliphatic rings. The molecule has 1 aromatic carbocycles. The van der Waals surface area contributed by atoms with Gasteiger partial charge in [-0.1, -0.05) is 36.4 Å². The summed E-state index contributed by atoms with van der Waals surface area (Å²) in [6.45, 7) is 2.77. The van der Waals surface area contributed by atoms with Crippen LogP contribution in [0.3, 0.4) is 0 Å². The number of carbonyl (C=O) groups excluding carboxylic acids is 1. The Morgan fingerprint density at radius 1 is 1.00 bits per heavy atom. The second-order valence-electron chi connectivity index (χ2n) is 8.84. The molecule has 1 aromatic heterocycles. The minimum absolute atomic E-state index is 0.00263. The number of aliphatic hydroxyl groups is 1. The van der Waals surface area contributed by atoms with Crippen LogP contribution >= 0.6 is 0 Å². The van der Waals surface area contributed by atoms with Crippen LogP contribution in [0.4, 0.5) is 0 Å². The summed E-state index contributed by atoms with van der Waals surface area (Å²) < 4.78 is 1.83. The Bertz CT molecular complexity index is 967. The van der Waals surface area contributed by atoms with E-state index >= 15 is 0 Å². The van der Waals surface area contributed by atoms with Gasteiger partial charge in [0.05, 0.1) is 12.1 Å². The van der Waals surface area contributed by atoms with E-state index in [1.165, 1.54) is 6.42 Å². The van der Waals surface area contributed by atoms with Gasteiger partial charge >= 0.3 is 0 Å². The van der Waals surface area contributed by atoms with E-state index in [1.807, 2.05) is 39.8 Å². The average Bonchev–Trinajstić information content (AvgIpc) is 3.30. The fourth-order valence-electron chi connectivity index (χ4n) is 5.81. The minimum atomic E-state index is -0.354. The largest absolute Gasteiger partial charge is 0.396 e. The van der Waals surface area contributed by atoms with Gasteiger partial charge in [-0.3, -0.25) is 14.5 Å². The third kappa shape index (κ3) is 3.19. The number of rotatable bonds is 4. The second-order valence-corrected chi connectivity index (χ2v) is 8.84. The molecule has 1 N–H and O–H groups in total. The lowest BCUT2D eigenvalue weighted by Gasteiger charge is -2.36. The smallest absolute Gasteiger partial charge is 0.250 e. The lowest BCUT2D eigenvalue weighted by molar-refractivity contribution is -0.139. The van der Waals surface area contributed by atoms with Crippen LogP contribution < -0.4 is 5.56 Å². The molecule has 6 heteroatoms. The van der Waals surface area contributed by atoms with Crippen molar-refractivity contribution in [2.24, 2.45) is 11.8 Å². The zero-order valence-corrected chi connectivity index (χ0v) is 17.2. The highest BCUT2D eigenvalue weighted by Gasteiger charge is 2.56. The summed E-state index contributed by atoms with van der Waals surface area (Å²) >= 11 is 0. The lowest BCUT2D eigenvalue weighted by Crippen LogP contribution is -2.51. The summed E-state index contributed by atoms with van der Waals surface area (Å²) in [5.74, 6) is 0.0314. The lowest BCUT2D eigenvalue weighted by atomic mass is 9.88. The van der Waals surface area contributed by atoms with E-state index in [2.05, 4.69) is 17.0 Å². The first-order valence-electron chi connectivity index (χ1n) is 11.1. The van der Waals surface area contributed by atoms with Crippen LogP contribution in [-0.4, -0.2) is 51.1 Å². The van der Waals surface area contributed by atoms with E-state index in [-0.39, 0.29) is 42.0 Å². The predicted molar refractivity (Wildman–Crippen MR) is 114 cm³/mol. The van der Waals surface area contributed by atoms with E-state index < -0.39 is 0 Å². The van der Waals surface area contributed by atoms with E-state index in [9.17, 15) is 14.7 Å². The van der Waals surface area contributed by atoms with Gasteiger partial charge in [0.25, 0.3) is 5.56 Å². The molecule has 2 saturated heterocycles. The molecule has 158 valence electrons. The number of hydrogen-bond acceptors (Lipinski definition) is 4. The fraction of sp³-hybridized carbons (Fsp3) is 0.500. The van der Waals surface area contributed by atoms with Crippen molar-refractivity contribution in [3.05, 3.63) is 70.1 Å². The van der Waals surface area contributed by atoms with Crippen LogP contribution in [-0.2, 0) is 17.9 Å². The number of nitrogens with zero attached hydrogens (tertiary/aromatic N) is 3. The SMILES string of the molecule is O=C([C@@H]1[C@@H](CO)[C@@H]2Cn3c(cccc3=O)[C@@H]2N1Cc1ccccc1)N1CCCCC1. The molecule has 0 unspecified atom stereocenters. The van der Waals surface area contributed by atoms with Crippen LogP contribution in [0, 0.1) is 11.8 Å². The van der Waals surface area contributed by atoms with E-state index in [0.29, 0.717) is 13.1 Å². The molecule has 1 amide bonds. The Labute approximate surface area is 176 Å². The van der Waals surface area contributed by atoms with Gasteiger partial charge in [-0.15, -0.1) is 0 Å². The van der Waals surface area contributed by atoms with E-state index in [4.69, 9.17) is 0 Å². The van der Waals surface area contributed by atoms with Gasteiger partial charge in [-0.05, 0) is 30.9 Å². The Hall–Kier alpha value is -2.44. The molecule has 0 aliphatic carbocycles. The van der Waals surface area contributed by atoms with E-state index in [0.717, 1.165) is 37.2 Å². The van der Waals surface area contributed by atoms with Gasteiger partial charge < -0.3 is 14.6 Å². The van der Waals surface area contributed by atoms with Gasteiger partial charge in [0.2, 0.25) is 5.91 Å². The highest BCUT2D eigenvalue weighted by molar-refractivity contribution is 5.83. The quantitative estimate of drug-likeness (QED) is 0.842. The molecule has 0 spiro atoms. The molecule has 2 aromatic rings. The molecule has 0 saturated carbocycles. The highest BCUT2D eigenvalue weighted by atomic mass is 16.3. The number of likely N-dealkylation sites (tertiary alicyclic amines) is 2. The third-order valence-electron chi connectivity index (χ3n) is 7.20. The fourth-order valence-corrected chi connectivity index (χ4v) is 5.81. The second kappa shape index (κ2) is 8.00. The van der Waals surface area contributed by atoms with Gasteiger partial charge in [0, 0.05) is 56.4 Å². The first-order valence-corrected chi connectivity index (χ1v) is 11.1. The van der Waals surface area contributed by atoms with Crippen LogP contribution in [0.1, 0.15) is 36.6 Å². The number of benzene rings is 1. The molecule has 0 bridgehead atoms. The maximum Gasteiger partial charge on any atom is 0.250 e. The number of fused-ring (bicyclic) bond motifs is 3.